The van der Waals surface area contributed by atoms with Crippen LogP contribution in [0, 0.1) is 5.92 Å². The van der Waals surface area contributed by atoms with Gasteiger partial charge in [0.05, 0.1) is 6.04 Å². The Hall–Kier alpha value is -1.96. The number of carbonyl (C=O) groups is 2. The van der Waals surface area contributed by atoms with E-state index in [1.54, 1.807) is 13.8 Å². The normalized spacial score (nSPS) is 20.1. The van der Waals surface area contributed by atoms with Crippen molar-refractivity contribution in [2.24, 2.45) is 5.92 Å². The second kappa shape index (κ2) is 6.00. The SMILES string of the molecule is CC(C)C(NC(=O)c1noc(C2CCCN2)n1)C(=O)O. The summed E-state index contributed by atoms with van der Waals surface area (Å²) in [6, 6.07) is -1.00. The molecule has 0 spiro atoms. The topological polar surface area (TPSA) is 117 Å². The molecule has 0 aliphatic carbocycles. The first-order valence-corrected chi connectivity index (χ1v) is 6.59. The molecule has 1 aromatic rings. The van der Waals surface area contributed by atoms with Gasteiger partial charge in [0.25, 0.3) is 11.7 Å². The van der Waals surface area contributed by atoms with Gasteiger partial charge in [-0.25, -0.2) is 4.79 Å². The zero-order chi connectivity index (χ0) is 14.7. The molecule has 1 amide bonds. The number of hydrogen-bond donors (Lipinski definition) is 3. The van der Waals surface area contributed by atoms with Crippen LogP contribution >= 0.6 is 0 Å². The number of nitrogens with one attached hydrogen (secondary N) is 2. The molecule has 110 valence electrons. The maximum absolute atomic E-state index is 11.9. The minimum Gasteiger partial charge on any atom is -0.480 e. The first-order valence-electron chi connectivity index (χ1n) is 6.59. The highest BCUT2D eigenvalue weighted by molar-refractivity contribution is 5.93. The molecule has 20 heavy (non-hydrogen) atoms. The van der Waals surface area contributed by atoms with Crippen molar-refractivity contribution in [3.05, 3.63) is 11.7 Å². The minimum absolute atomic E-state index is 0.0237. The lowest BCUT2D eigenvalue weighted by molar-refractivity contribution is -0.140. The molecule has 8 heteroatoms. The molecular weight excluding hydrogens is 264 g/mol. The Morgan fingerprint density at radius 2 is 2.25 bits per heavy atom. The highest BCUT2D eigenvalue weighted by Crippen LogP contribution is 2.21. The van der Waals surface area contributed by atoms with Gasteiger partial charge in [-0.3, -0.25) is 4.79 Å². The molecule has 0 saturated carbocycles. The van der Waals surface area contributed by atoms with E-state index in [0.29, 0.717) is 5.89 Å². The van der Waals surface area contributed by atoms with Gasteiger partial charge in [-0.15, -0.1) is 0 Å². The van der Waals surface area contributed by atoms with Crippen molar-refractivity contribution in [1.29, 1.82) is 0 Å². The summed E-state index contributed by atoms with van der Waals surface area (Å²) in [7, 11) is 0. The van der Waals surface area contributed by atoms with Crippen molar-refractivity contribution >= 4 is 11.9 Å². The maximum atomic E-state index is 11.9. The van der Waals surface area contributed by atoms with Gasteiger partial charge in [0.2, 0.25) is 5.89 Å². The fourth-order valence-electron chi connectivity index (χ4n) is 2.08. The van der Waals surface area contributed by atoms with Crippen LogP contribution < -0.4 is 10.6 Å². The van der Waals surface area contributed by atoms with Crippen LogP contribution in [0.5, 0.6) is 0 Å². The van der Waals surface area contributed by atoms with E-state index in [-0.39, 0.29) is 17.8 Å². The van der Waals surface area contributed by atoms with Gasteiger partial charge in [0, 0.05) is 0 Å². The second-order valence-corrected chi connectivity index (χ2v) is 5.14. The molecule has 1 fully saturated rings. The summed E-state index contributed by atoms with van der Waals surface area (Å²) in [5.41, 5.74) is 0. The smallest absolute Gasteiger partial charge is 0.326 e. The van der Waals surface area contributed by atoms with E-state index in [4.69, 9.17) is 9.63 Å². The molecule has 1 aliphatic rings. The number of carbonyl (C=O) groups excluding carboxylic acids is 1. The van der Waals surface area contributed by atoms with E-state index >= 15 is 0 Å². The monoisotopic (exact) mass is 282 g/mol. The third-order valence-electron chi connectivity index (χ3n) is 3.22. The van der Waals surface area contributed by atoms with Crippen molar-refractivity contribution in [1.82, 2.24) is 20.8 Å². The summed E-state index contributed by atoms with van der Waals surface area (Å²) in [5, 5.41) is 18.2. The number of rotatable bonds is 5. The highest BCUT2D eigenvalue weighted by atomic mass is 16.5. The molecule has 1 saturated heterocycles. The Bertz CT molecular complexity index is 493. The summed E-state index contributed by atoms with van der Waals surface area (Å²) in [4.78, 5) is 27.0. The van der Waals surface area contributed by atoms with E-state index in [9.17, 15) is 9.59 Å². The van der Waals surface area contributed by atoms with Gasteiger partial charge in [-0.05, 0) is 25.3 Å². The number of nitrogens with zero attached hydrogens (tertiary/aromatic N) is 2. The number of aromatic nitrogens is 2. The van der Waals surface area contributed by atoms with Crippen LogP contribution in [0.3, 0.4) is 0 Å². The lowest BCUT2D eigenvalue weighted by Gasteiger charge is -2.16. The lowest BCUT2D eigenvalue weighted by Crippen LogP contribution is -2.44. The highest BCUT2D eigenvalue weighted by Gasteiger charge is 2.28. The summed E-state index contributed by atoms with van der Waals surface area (Å²) in [5.74, 6) is -1.74. The first kappa shape index (κ1) is 14.4. The molecule has 0 radical (unpaired) electrons. The average Bonchev–Trinajstić information content (AvgIpc) is 3.04. The number of amides is 1. The lowest BCUT2D eigenvalue weighted by atomic mass is 10.0. The largest absolute Gasteiger partial charge is 0.480 e. The molecule has 2 heterocycles. The van der Waals surface area contributed by atoms with E-state index in [1.165, 1.54) is 0 Å². The summed E-state index contributed by atoms with van der Waals surface area (Å²) >= 11 is 0. The van der Waals surface area contributed by atoms with Gasteiger partial charge in [0.15, 0.2) is 0 Å². The summed E-state index contributed by atoms with van der Waals surface area (Å²) in [6.45, 7) is 4.30. The van der Waals surface area contributed by atoms with E-state index in [2.05, 4.69) is 20.8 Å². The zero-order valence-electron chi connectivity index (χ0n) is 11.4. The molecule has 3 N–H and O–H groups in total. The predicted octanol–water partition coefficient (Wildman–Crippen LogP) is 0.333. The van der Waals surface area contributed by atoms with E-state index < -0.39 is 17.9 Å². The third kappa shape index (κ3) is 3.13. The quantitative estimate of drug-likeness (QED) is 0.712. The van der Waals surface area contributed by atoms with Gasteiger partial charge < -0.3 is 20.3 Å². The molecule has 2 rings (SSSR count). The number of hydrogen-bond acceptors (Lipinski definition) is 6. The molecule has 1 aliphatic heterocycles. The number of aliphatic carboxylic acids is 1. The predicted molar refractivity (Wildman–Crippen MR) is 68.0 cm³/mol. The Morgan fingerprint density at radius 1 is 1.50 bits per heavy atom. The Morgan fingerprint density at radius 3 is 2.80 bits per heavy atom. The van der Waals surface area contributed by atoms with Crippen molar-refractivity contribution in [2.75, 3.05) is 6.54 Å². The molecular formula is C12H18N4O4. The van der Waals surface area contributed by atoms with E-state index in [1.807, 2.05) is 0 Å². The molecule has 2 atom stereocenters. The van der Waals surface area contributed by atoms with Crippen molar-refractivity contribution in [2.45, 2.75) is 38.8 Å². The minimum atomic E-state index is -1.09. The first-order chi connectivity index (χ1) is 9.49. The van der Waals surface area contributed by atoms with Crippen LogP contribution in [-0.4, -0.2) is 39.7 Å². The third-order valence-corrected chi connectivity index (χ3v) is 3.22. The fourth-order valence-corrected chi connectivity index (χ4v) is 2.08. The van der Waals surface area contributed by atoms with Crippen LogP contribution in [0.4, 0.5) is 0 Å². The van der Waals surface area contributed by atoms with Crippen LogP contribution in [0.1, 0.15) is 49.2 Å². The zero-order valence-corrected chi connectivity index (χ0v) is 11.4. The Kier molecular flexibility index (Phi) is 4.33. The van der Waals surface area contributed by atoms with E-state index in [0.717, 1.165) is 19.4 Å². The summed E-state index contributed by atoms with van der Waals surface area (Å²) < 4.78 is 5.04. The fraction of sp³-hybridized carbons (Fsp3) is 0.667. The van der Waals surface area contributed by atoms with Crippen molar-refractivity contribution in [3.63, 3.8) is 0 Å². The Balaban J connectivity index is 2.03. The second-order valence-electron chi connectivity index (χ2n) is 5.14. The average molecular weight is 282 g/mol. The number of carboxylic acids is 1. The molecule has 2 unspecified atom stereocenters. The molecule has 0 aromatic carbocycles. The van der Waals surface area contributed by atoms with Gasteiger partial charge in [-0.2, -0.15) is 4.98 Å². The van der Waals surface area contributed by atoms with Gasteiger partial charge in [-0.1, -0.05) is 19.0 Å². The Labute approximate surface area is 115 Å². The van der Waals surface area contributed by atoms with Crippen LogP contribution in [0.25, 0.3) is 0 Å². The maximum Gasteiger partial charge on any atom is 0.326 e. The van der Waals surface area contributed by atoms with Gasteiger partial charge in [0.1, 0.15) is 6.04 Å². The molecule has 0 bridgehead atoms. The van der Waals surface area contributed by atoms with Crippen LogP contribution in [0.2, 0.25) is 0 Å². The molecule has 8 nitrogen and oxygen atoms in total. The standard InChI is InChI=1S/C12H18N4O4/c1-6(2)8(12(18)19)14-10(17)9-15-11(20-16-9)7-4-3-5-13-7/h6-8,13H,3-5H2,1-2H3,(H,14,17)(H,18,19). The number of carboxylic acid groups (broad SMARTS) is 1. The van der Waals surface area contributed by atoms with Crippen molar-refractivity contribution in [3.8, 4) is 0 Å². The van der Waals surface area contributed by atoms with Crippen molar-refractivity contribution < 1.29 is 19.2 Å². The summed E-state index contributed by atoms with van der Waals surface area (Å²) in [6.07, 6.45) is 1.90. The van der Waals surface area contributed by atoms with Crippen LogP contribution in [-0.2, 0) is 4.79 Å². The molecule has 1 aromatic heterocycles. The van der Waals surface area contributed by atoms with Crippen LogP contribution in [0.15, 0.2) is 4.52 Å². The van der Waals surface area contributed by atoms with Gasteiger partial charge >= 0.3 is 5.97 Å².